The van der Waals surface area contributed by atoms with Crippen LogP contribution in [-0.2, 0) is 18.3 Å². The van der Waals surface area contributed by atoms with Gasteiger partial charge in [0.05, 0.1) is 0 Å². The minimum atomic E-state index is 0.0736. The van der Waals surface area contributed by atoms with Gasteiger partial charge in [0.25, 0.3) is 0 Å². The molecule has 0 saturated carbocycles. The molecule has 2 saturated heterocycles. The van der Waals surface area contributed by atoms with E-state index in [0.717, 1.165) is 31.9 Å². The second-order valence-electron chi connectivity index (χ2n) is 7.31. The molecular formula is C20H28N4O. The number of nitrogens with zero attached hydrogens (tertiary/aromatic N) is 3. The first kappa shape index (κ1) is 16.8. The molecule has 0 aliphatic carbocycles. The summed E-state index contributed by atoms with van der Waals surface area (Å²) in [7, 11) is 2.04. The van der Waals surface area contributed by atoms with E-state index < -0.39 is 0 Å². The molecule has 1 aromatic heterocycles. The van der Waals surface area contributed by atoms with E-state index >= 15 is 0 Å². The minimum absolute atomic E-state index is 0.0736. The third-order valence-electron chi connectivity index (χ3n) is 5.41. The highest BCUT2D eigenvalue weighted by molar-refractivity contribution is 5.14. The highest BCUT2D eigenvalue weighted by Gasteiger charge is 2.34. The third kappa shape index (κ3) is 3.94. The number of aromatic nitrogens is 2. The molecular weight excluding hydrogens is 312 g/mol. The van der Waals surface area contributed by atoms with Gasteiger partial charge in [-0.1, -0.05) is 30.3 Å². The van der Waals surface area contributed by atoms with Crippen LogP contribution in [0.2, 0.25) is 0 Å². The van der Waals surface area contributed by atoms with E-state index in [0.29, 0.717) is 12.1 Å². The Labute approximate surface area is 150 Å². The van der Waals surface area contributed by atoms with Crippen molar-refractivity contribution in [3.8, 4) is 0 Å². The molecule has 2 aliphatic rings. The first-order valence-corrected chi connectivity index (χ1v) is 9.41. The van der Waals surface area contributed by atoms with Crippen molar-refractivity contribution in [1.29, 1.82) is 0 Å². The Morgan fingerprint density at radius 2 is 2.12 bits per heavy atom. The maximum absolute atomic E-state index is 6.00. The molecule has 0 radical (unpaired) electrons. The van der Waals surface area contributed by atoms with Crippen LogP contribution < -0.4 is 5.32 Å². The van der Waals surface area contributed by atoms with Crippen molar-refractivity contribution in [2.75, 3.05) is 19.7 Å². The molecule has 2 fully saturated rings. The van der Waals surface area contributed by atoms with Crippen molar-refractivity contribution in [3.05, 3.63) is 54.1 Å². The second kappa shape index (κ2) is 7.68. The highest BCUT2D eigenvalue weighted by Crippen LogP contribution is 2.29. The number of nitrogens with one attached hydrogen (secondary N) is 1. The molecule has 134 valence electrons. The van der Waals surface area contributed by atoms with Crippen molar-refractivity contribution in [2.45, 2.75) is 44.0 Å². The number of hydrogen-bond donors (Lipinski definition) is 1. The highest BCUT2D eigenvalue weighted by atomic mass is 16.5. The zero-order chi connectivity index (χ0) is 17.1. The fourth-order valence-electron chi connectivity index (χ4n) is 4.15. The van der Waals surface area contributed by atoms with Gasteiger partial charge in [-0.25, -0.2) is 4.98 Å². The number of piperidine rings is 1. The fourth-order valence-corrected chi connectivity index (χ4v) is 4.15. The Bertz CT molecular complexity index is 671. The fraction of sp³-hybridized carbons (Fsp3) is 0.550. The lowest BCUT2D eigenvalue weighted by molar-refractivity contribution is 0.0820. The lowest BCUT2D eigenvalue weighted by Crippen LogP contribution is -2.49. The summed E-state index contributed by atoms with van der Waals surface area (Å²) in [4.78, 5) is 7.07. The number of imidazole rings is 1. The van der Waals surface area contributed by atoms with Crippen LogP contribution in [-0.4, -0.2) is 46.2 Å². The number of aryl methyl sites for hydroxylation is 1. The quantitative estimate of drug-likeness (QED) is 0.908. The van der Waals surface area contributed by atoms with Crippen LogP contribution in [0.3, 0.4) is 0 Å². The SMILES string of the molecule is Cn1ccnc1[C@H]1OCC[C@@H]1N[C@@H]1CCCN(Cc2ccccc2)C1. The molecule has 2 aromatic rings. The first-order valence-electron chi connectivity index (χ1n) is 9.41. The molecule has 25 heavy (non-hydrogen) atoms. The van der Waals surface area contributed by atoms with Crippen molar-refractivity contribution in [3.63, 3.8) is 0 Å². The van der Waals surface area contributed by atoms with Gasteiger partial charge in [0.15, 0.2) is 0 Å². The first-order chi connectivity index (χ1) is 12.3. The Morgan fingerprint density at radius 1 is 1.24 bits per heavy atom. The molecule has 4 rings (SSSR count). The summed E-state index contributed by atoms with van der Waals surface area (Å²) in [6, 6.07) is 11.7. The topological polar surface area (TPSA) is 42.3 Å². The van der Waals surface area contributed by atoms with Gasteiger partial charge in [-0.05, 0) is 31.4 Å². The Morgan fingerprint density at radius 3 is 2.92 bits per heavy atom. The molecule has 0 spiro atoms. The summed E-state index contributed by atoms with van der Waals surface area (Å²) >= 11 is 0. The Hall–Kier alpha value is -1.69. The standard InChI is InChI=1S/C20H28N4O/c1-23-12-10-21-20(23)19-18(9-13-25-19)22-17-8-5-11-24(15-17)14-16-6-3-2-4-7-16/h2-4,6-7,10,12,17-19,22H,5,8-9,11,13-15H2,1H3/t17-,18+,19+/m1/s1. The van der Waals surface area contributed by atoms with Crippen LogP contribution in [0.5, 0.6) is 0 Å². The van der Waals surface area contributed by atoms with Crippen molar-refractivity contribution in [1.82, 2.24) is 19.8 Å². The second-order valence-corrected chi connectivity index (χ2v) is 7.31. The zero-order valence-electron chi connectivity index (χ0n) is 15.0. The molecule has 3 atom stereocenters. The number of hydrogen-bond acceptors (Lipinski definition) is 4. The molecule has 5 nitrogen and oxygen atoms in total. The van der Waals surface area contributed by atoms with Crippen LogP contribution in [0.15, 0.2) is 42.7 Å². The zero-order valence-corrected chi connectivity index (χ0v) is 15.0. The maximum atomic E-state index is 6.00. The normalized spacial score (nSPS) is 27.6. The summed E-state index contributed by atoms with van der Waals surface area (Å²) < 4.78 is 8.07. The molecule has 1 N–H and O–H groups in total. The largest absolute Gasteiger partial charge is 0.369 e. The summed E-state index contributed by atoms with van der Waals surface area (Å²) in [5.74, 6) is 1.03. The maximum Gasteiger partial charge on any atom is 0.139 e. The van der Waals surface area contributed by atoms with E-state index in [-0.39, 0.29) is 6.10 Å². The summed E-state index contributed by atoms with van der Waals surface area (Å²) in [6.07, 6.45) is 7.49. The van der Waals surface area contributed by atoms with E-state index in [9.17, 15) is 0 Å². The number of benzene rings is 1. The average molecular weight is 340 g/mol. The van der Waals surface area contributed by atoms with E-state index in [1.165, 1.54) is 24.9 Å². The van der Waals surface area contributed by atoms with Crippen LogP contribution in [0.4, 0.5) is 0 Å². The average Bonchev–Trinajstić information content (AvgIpc) is 3.24. The summed E-state index contributed by atoms with van der Waals surface area (Å²) in [5, 5.41) is 3.88. The molecule has 1 aromatic carbocycles. The van der Waals surface area contributed by atoms with Gasteiger partial charge in [0, 0.05) is 51.2 Å². The van der Waals surface area contributed by atoms with Crippen LogP contribution in [0.25, 0.3) is 0 Å². The van der Waals surface area contributed by atoms with E-state index in [4.69, 9.17) is 4.74 Å². The van der Waals surface area contributed by atoms with E-state index in [1.54, 1.807) is 0 Å². The van der Waals surface area contributed by atoms with Gasteiger partial charge in [0.1, 0.15) is 11.9 Å². The summed E-state index contributed by atoms with van der Waals surface area (Å²) in [5.41, 5.74) is 1.40. The van der Waals surface area contributed by atoms with Crippen LogP contribution in [0, 0.1) is 0 Å². The predicted octanol–water partition coefficient (Wildman–Crippen LogP) is 2.50. The molecule has 2 aliphatic heterocycles. The van der Waals surface area contributed by atoms with Crippen LogP contribution >= 0.6 is 0 Å². The molecule has 3 heterocycles. The number of likely N-dealkylation sites (tertiary alicyclic amines) is 1. The molecule has 0 bridgehead atoms. The Kier molecular flexibility index (Phi) is 5.15. The molecule has 0 amide bonds. The predicted molar refractivity (Wildman–Crippen MR) is 98.2 cm³/mol. The van der Waals surface area contributed by atoms with Crippen molar-refractivity contribution >= 4 is 0 Å². The lowest BCUT2D eigenvalue weighted by Gasteiger charge is -2.35. The van der Waals surface area contributed by atoms with E-state index in [1.807, 2.05) is 19.4 Å². The van der Waals surface area contributed by atoms with Gasteiger partial charge in [-0.2, -0.15) is 0 Å². The minimum Gasteiger partial charge on any atom is -0.369 e. The number of rotatable bonds is 5. The molecule has 0 unspecified atom stereocenters. The summed E-state index contributed by atoms with van der Waals surface area (Å²) in [6.45, 7) is 4.16. The van der Waals surface area contributed by atoms with Gasteiger partial charge >= 0.3 is 0 Å². The third-order valence-corrected chi connectivity index (χ3v) is 5.41. The van der Waals surface area contributed by atoms with Crippen LogP contribution in [0.1, 0.15) is 36.8 Å². The smallest absolute Gasteiger partial charge is 0.139 e. The number of ether oxygens (including phenoxy) is 1. The van der Waals surface area contributed by atoms with Crippen molar-refractivity contribution in [2.24, 2.45) is 7.05 Å². The van der Waals surface area contributed by atoms with Gasteiger partial charge < -0.3 is 14.6 Å². The van der Waals surface area contributed by atoms with Gasteiger partial charge in [-0.3, -0.25) is 4.90 Å². The van der Waals surface area contributed by atoms with Crippen molar-refractivity contribution < 1.29 is 4.74 Å². The Balaban J connectivity index is 1.36. The van der Waals surface area contributed by atoms with Gasteiger partial charge in [-0.15, -0.1) is 0 Å². The lowest BCUT2D eigenvalue weighted by atomic mass is 10.0. The van der Waals surface area contributed by atoms with E-state index in [2.05, 4.69) is 50.1 Å². The van der Waals surface area contributed by atoms with Gasteiger partial charge in [0.2, 0.25) is 0 Å². The monoisotopic (exact) mass is 340 g/mol. The molecule has 5 heteroatoms.